The average molecular weight is 197 g/mol. The zero-order valence-electron chi connectivity index (χ0n) is 8.26. The van der Waals surface area contributed by atoms with Gasteiger partial charge in [-0.3, -0.25) is 4.79 Å². The Hall–Kier alpha value is -0.700. The third kappa shape index (κ3) is 2.37. The molecule has 1 rings (SSSR count). The van der Waals surface area contributed by atoms with Crippen molar-refractivity contribution in [2.45, 2.75) is 13.3 Å². The summed E-state index contributed by atoms with van der Waals surface area (Å²) < 4.78 is 0. The fourth-order valence-corrected chi connectivity index (χ4v) is 2.16. The summed E-state index contributed by atoms with van der Waals surface area (Å²) in [5.41, 5.74) is 0.827. The number of hydrogen-bond acceptors (Lipinski definition) is 2. The maximum atomic E-state index is 11.4. The molecule has 0 radical (unpaired) electrons. The zero-order valence-corrected chi connectivity index (χ0v) is 9.07. The predicted octanol–water partition coefficient (Wildman–Crippen LogP) is 1.95. The van der Waals surface area contributed by atoms with Crippen molar-refractivity contribution < 1.29 is 4.79 Å². The lowest BCUT2D eigenvalue weighted by Gasteiger charge is -2.17. The molecular weight excluding hydrogens is 182 g/mol. The Kier molecular flexibility index (Phi) is 3.60. The van der Waals surface area contributed by atoms with Crippen LogP contribution in [0.4, 0.5) is 0 Å². The Morgan fingerprint density at radius 2 is 2.38 bits per heavy atom. The van der Waals surface area contributed by atoms with Gasteiger partial charge in [-0.15, -0.1) is 11.8 Å². The van der Waals surface area contributed by atoms with Crippen LogP contribution in [0.15, 0.2) is 22.6 Å². The highest BCUT2D eigenvalue weighted by Gasteiger charge is 2.16. The summed E-state index contributed by atoms with van der Waals surface area (Å²) in [6.45, 7) is 2.16. The van der Waals surface area contributed by atoms with Crippen LogP contribution in [0.5, 0.6) is 0 Å². The Morgan fingerprint density at radius 1 is 1.69 bits per heavy atom. The second-order valence-corrected chi connectivity index (χ2v) is 4.06. The van der Waals surface area contributed by atoms with Crippen molar-refractivity contribution in [1.82, 2.24) is 5.32 Å². The molecule has 3 heteroatoms. The highest BCUT2D eigenvalue weighted by atomic mass is 32.2. The first kappa shape index (κ1) is 10.4. The number of thioether (sulfide) groups is 1. The number of rotatable bonds is 2. The molecule has 0 aromatic carbocycles. The molecule has 0 spiro atoms. The van der Waals surface area contributed by atoms with E-state index in [1.807, 2.05) is 12.3 Å². The molecule has 0 heterocycles. The minimum absolute atomic E-state index is 0.0208. The van der Waals surface area contributed by atoms with Crippen LogP contribution in [0.25, 0.3) is 0 Å². The van der Waals surface area contributed by atoms with Gasteiger partial charge >= 0.3 is 0 Å². The van der Waals surface area contributed by atoms with E-state index in [1.165, 1.54) is 4.91 Å². The first-order chi connectivity index (χ1) is 6.19. The van der Waals surface area contributed by atoms with Crippen molar-refractivity contribution >= 4 is 17.7 Å². The molecular formula is C10H15NOS. The Bertz CT molecular complexity index is 268. The predicted molar refractivity (Wildman–Crippen MR) is 57.5 cm³/mol. The van der Waals surface area contributed by atoms with E-state index in [4.69, 9.17) is 0 Å². The van der Waals surface area contributed by atoms with E-state index in [0.29, 0.717) is 5.92 Å². The van der Waals surface area contributed by atoms with Gasteiger partial charge in [0.1, 0.15) is 0 Å². The van der Waals surface area contributed by atoms with Gasteiger partial charge in [0.15, 0.2) is 0 Å². The van der Waals surface area contributed by atoms with Crippen molar-refractivity contribution in [3.63, 3.8) is 0 Å². The first-order valence-electron chi connectivity index (χ1n) is 4.36. The molecule has 0 aromatic rings. The quantitative estimate of drug-likeness (QED) is 0.733. The Labute approximate surface area is 83.5 Å². The van der Waals surface area contributed by atoms with Crippen LogP contribution in [-0.4, -0.2) is 19.2 Å². The van der Waals surface area contributed by atoms with Crippen molar-refractivity contribution in [3.8, 4) is 0 Å². The van der Waals surface area contributed by atoms with Crippen molar-refractivity contribution in [2.75, 3.05) is 13.3 Å². The van der Waals surface area contributed by atoms with E-state index < -0.39 is 0 Å². The molecule has 0 saturated heterocycles. The molecule has 1 aliphatic rings. The van der Waals surface area contributed by atoms with Crippen LogP contribution >= 0.6 is 11.8 Å². The molecule has 0 saturated carbocycles. The first-order valence-corrected chi connectivity index (χ1v) is 5.59. The highest BCUT2D eigenvalue weighted by molar-refractivity contribution is 8.02. The SMILES string of the molecule is CNC(=O)C1=C(SC)CC(C)C=C1. The van der Waals surface area contributed by atoms with Gasteiger partial charge in [0.25, 0.3) is 5.91 Å². The number of amides is 1. The molecule has 0 bridgehead atoms. The number of allylic oxidation sites excluding steroid dienone is 2. The van der Waals surface area contributed by atoms with Crippen LogP contribution in [-0.2, 0) is 4.79 Å². The molecule has 1 N–H and O–H groups in total. The van der Waals surface area contributed by atoms with Crippen LogP contribution in [0.1, 0.15) is 13.3 Å². The van der Waals surface area contributed by atoms with Crippen molar-refractivity contribution in [1.29, 1.82) is 0 Å². The van der Waals surface area contributed by atoms with E-state index >= 15 is 0 Å². The minimum atomic E-state index is 0.0208. The Balaban J connectivity index is 2.91. The molecule has 13 heavy (non-hydrogen) atoms. The van der Waals surface area contributed by atoms with E-state index in [-0.39, 0.29) is 5.91 Å². The Morgan fingerprint density at radius 3 is 2.92 bits per heavy atom. The minimum Gasteiger partial charge on any atom is -0.355 e. The van der Waals surface area contributed by atoms with Gasteiger partial charge in [0.2, 0.25) is 0 Å². The highest BCUT2D eigenvalue weighted by Crippen LogP contribution is 2.30. The molecule has 72 valence electrons. The van der Waals surface area contributed by atoms with Crippen molar-refractivity contribution in [2.24, 2.45) is 5.92 Å². The maximum Gasteiger partial charge on any atom is 0.251 e. The standard InChI is InChI=1S/C10H15NOS/c1-7-4-5-8(10(12)11-2)9(6-7)13-3/h4-5,7H,6H2,1-3H3,(H,11,12). The smallest absolute Gasteiger partial charge is 0.251 e. The van der Waals surface area contributed by atoms with E-state index in [1.54, 1.807) is 18.8 Å². The van der Waals surface area contributed by atoms with Crippen LogP contribution in [0.2, 0.25) is 0 Å². The summed E-state index contributed by atoms with van der Waals surface area (Å²) in [6, 6.07) is 0. The van der Waals surface area contributed by atoms with Crippen LogP contribution in [0, 0.1) is 5.92 Å². The fraction of sp³-hybridized carbons (Fsp3) is 0.500. The number of hydrogen-bond donors (Lipinski definition) is 1. The average Bonchev–Trinajstić information content (AvgIpc) is 2.16. The topological polar surface area (TPSA) is 29.1 Å². The zero-order chi connectivity index (χ0) is 9.84. The lowest BCUT2D eigenvalue weighted by Crippen LogP contribution is -2.21. The number of nitrogens with one attached hydrogen (secondary N) is 1. The third-order valence-corrected chi connectivity index (χ3v) is 3.00. The molecule has 2 nitrogen and oxygen atoms in total. The molecule has 0 aliphatic heterocycles. The second-order valence-electron chi connectivity index (χ2n) is 3.16. The van der Waals surface area contributed by atoms with Gasteiger partial charge in [-0.05, 0) is 23.5 Å². The van der Waals surface area contributed by atoms with Crippen molar-refractivity contribution in [3.05, 3.63) is 22.6 Å². The van der Waals surface area contributed by atoms with Crippen LogP contribution < -0.4 is 5.32 Å². The molecule has 0 fully saturated rings. The van der Waals surface area contributed by atoms with E-state index in [2.05, 4.69) is 18.3 Å². The molecule has 0 aromatic heterocycles. The largest absolute Gasteiger partial charge is 0.355 e. The summed E-state index contributed by atoms with van der Waals surface area (Å²) in [7, 11) is 1.67. The summed E-state index contributed by atoms with van der Waals surface area (Å²) >= 11 is 1.67. The van der Waals surface area contributed by atoms with E-state index in [9.17, 15) is 4.79 Å². The molecule has 1 atom stereocenters. The van der Waals surface area contributed by atoms with Gasteiger partial charge in [-0.2, -0.15) is 0 Å². The number of carbonyl (C=O) groups excluding carboxylic acids is 1. The van der Waals surface area contributed by atoms with Gasteiger partial charge in [0.05, 0.1) is 0 Å². The van der Waals surface area contributed by atoms with Crippen LogP contribution in [0.3, 0.4) is 0 Å². The summed E-state index contributed by atoms with van der Waals surface area (Å²) in [5, 5.41) is 2.65. The normalized spacial score (nSPS) is 21.9. The fourth-order valence-electron chi connectivity index (χ4n) is 1.35. The second kappa shape index (κ2) is 4.51. The number of carbonyl (C=O) groups is 1. The van der Waals surface area contributed by atoms with Gasteiger partial charge in [-0.1, -0.05) is 19.1 Å². The van der Waals surface area contributed by atoms with Gasteiger partial charge < -0.3 is 5.32 Å². The summed E-state index contributed by atoms with van der Waals surface area (Å²) in [5.74, 6) is 0.573. The van der Waals surface area contributed by atoms with Gasteiger partial charge in [-0.25, -0.2) is 0 Å². The summed E-state index contributed by atoms with van der Waals surface area (Å²) in [6.07, 6.45) is 7.02. The third-order valence-electron chi connectivity index (χ3n) is 2.12. The molecule has 1 amide bonds. The number of likely N-dealkylation sites (N-methyl/N-ethyl adjacent to an activating group) is 1. The lowest BCUT2D eigenvalue weighted by molar-refractivity contribution is -0.116. The van der Waals surface area contributed by atoms with Gasteiger partial charge in [0, 0.05) is 12.6 Å². The lowest BCUT2D eigenvalue weighted by atomic mass is 9.98. The molecule has 1 unspecified atom stereocenters. The monoisotopic (exact) mass is 197 g/mol. The van der Waals surface area contributed by atoms with E-state index in [0.717, 1.165) is 12.0 Å². The summed E-state index contributed by atoms with van der Waals surface area (Å²) in [4.78, 5) is 12.6. The maximum absolute atomic E-state index is 11.4. The molecule has 1 aliphatic carbocycles.